The lowest BCUT2D eigenvalue weighted by Crippen LogP contribution is -2.36. The van der Waals surface area contributed by atoms with Crippen LogP contribution < -0.4 is 10.1 Å². The van der Waals surface area contributed by atoms with Crippen LogP contribution in [0.15, 0.2) is 109 Å². The molecule has 2 atom stereocenters. The van der Waals surface area contributed by atoms with E-state index in [1.165, 1.54) is 12.1 Å². The third kappa shape index (κ3) is 7.39. The number of aliphatic hydroxyl groups excluding tert-OH is 1. The maximum atomic E-state index is 14.1. The zero-order valence-electron chi connectivity index (χ0n) is 27.2. The highest BCUT2D eigenvalue weighted by atomic mass is 32.2. The van der Waals surface area contributed by atoms with Crippen molar-refractivity contribution in [3.05, 3.63) is 137 Å². The van der Waals surface area contributed by atoms with Crippen molar-refractivity contribution < 1.29 is 23.2 Å². The second kappa shape index (κ2) is 14.2. The van der Waals surface area contributed by atoms with Crippen molar-refractivity contribution in [2.45, 2.75) is 51.1 Å². The number of rotatable bonds is 10. The van der Waals surface area contributed by atoms with Gasteiger partial charge in [0.25, 0.3) is 5.91 Å². The molecule has 1 aliphatic rings. The summed E-state index contributed by atoms with van der Waals surface area (Å²) in [5, 5.41) is 13.1. The fourth-order valence-corrected chi connectivity index (χ4v) is 7.29. The maximum absolute atomic E-state index is 14.1. The van der Waals surface area contributed by atoms with Crippen LogP contribution in [0.3, 0.4) is 0 Å². The molecular formula is C39H38FN3O4S. The second-order valence-electron chi connectivity index (χ2n) is 12.7. The van der Waals surface area contributed by atoms with Crippen LogP contribution in [0, 0.1) is 5.82 Å². The van der Waals surface area contributed by atoms with Gasteiger partial charge in [0.1, 0.15) is 34.0 Å². The summed E-state index contributed by atoms with van der Waals surface area (Å²) < 4.78 is 35.1. The molecule has 9 heteroatoms. The van der Waals surface area contributed by atoms with Crippen molar-refractivity contribution >= 4 is 16.9 Å². The number of halogens is 1. The molecule has 0 radical (unpaired) electrons. The SMILES string of the molecule is CC(C)(C)[S@](=O)N1Cc2cc(C(=O)NCc3ccc(Oc4ccccc4)cc3)nc(-c3cccc(-c4cccc(F)c4)c3)c2[C@@H]1CCO. The van der Waals surface area contributed by atoms with Gasteiger partial charge in [0.2, 0.25) is 0 Å². The largest absolute Gasteiger partial charge is 0.457 e. The molecule has 48 heavy (non-hydrogen) atoms. The fraction of sp³-hybridized carbons (Fsp3) is 0.231. The van der Waals surface area contributed by atoms with E-state index in [2.05, 4.69) is 5.32 Å². The normalized spacial score (nSPS) is 15.1. The van der Waals surface area contributed by atoms with Crippen molar-refractivity contribution in [3.8, 4) is 33.9 Å². The number of benzene rings is 4. The van der Waals surface area contributed by atoms with Gasteiger partial charge >= 0.3 is 0 Å². The summed E-state index contributed by atoms with van der Waals surface area (Å²) in [6.45, 7) is 6.27. The number of nitrogens with zero attached hydrogens (tertiary/aromatic N) is 2. The van der Waals surface area contributed by atoms with E-state index in [-0.39, 0.29) is 36.6 Å². The number of fused-ring (bicyclic) bond motifs is 1. The number of nitrogens with one attached hydrogen (secondary N) is 1. The van der Waals surface area contributed by atoms with Crippen LogP contribution in [0.2, 0.25) is 0 Å². The zero-order valence-corrected chi connectivity index (χ0v) is 28.0. The van der Waals surface area contributed by atoms with E-state index in [0.717, 1.165) is 33.6 Å². The van der Waals surface area contributed by atoms with Crippen LogP contribution in [0.5, 0.6) is 11.5 Å². The summed E-state index contributed by atoms with van der Waals surface area (Å²) in [7, 11) is -1.39. The third-order valence-corrected chi connectivity index (χ3v) is 10.0. The molecule has 0 saturated heterocycles. The number of hydrogen-bond donors (Lipinski definition) is 2. The standard InChI is InChI=1S/C39H38FN3O4S/c1-39(2,3)48(46)43-25-30-23-34(38(45)41-24-26-15-17-33(18-16-26)47-32-13-5-4-6-14-32)42-37(36(30)35(43)19-20-44)29-11-7-9-27(21-29)28-10-8-12-31(40)22-28/h4-18,21-23,35,44H,19-20,24-25H2,1-3H3,(H,41,45)/t35-,48-/m0/s1. The van der Waals surface area contributed by atoms with Crippen LogP contribution in [0.25, 0.3) is 22.4 Å². The predicted octanol–water partition coefficient (Wildman–Crippen LogP) is 7.98. The highest BCUT2D eigenvalue weighted by Crippen LogP contribution is 2.44. The molecule has 0 unspecified atom stereocenters. The van der Waals surface area contributed by atoms with Gasteiger partial charge in [0.05, 0.1) is 16.5 Å². The molecule has 1 amide bonds. The van der Waals surface area contributed by atoms with Crippen molar-refractivity contribution in [2.24, 2.45) is 0 Å². The monoisotopic (exact) mass is 663 g/mol. The minimum atomic E-state index is -1.39. The molecule has 1 aromatic heterocycles. The van der Waals surface area contributed by atoms with E-state index in [1.807, 2.05) is 110 Å². The van der Waals surface area contributed by atoms with Crippen molar-refractivity contribution in [1.82, 2.24) is 14.6 Å². The number of pyridine rings is 1. The average Bonchev–Trinajstić information content (AvgIpc) is 3.45. The summed E-state index contributed by atoms with van der Waals surface area (Å²) in [6.07, 6.45) is 0.350. The number of hydrogen-bond acceptors (Lipinski definition) is 5. The summed E-state index contributed by atoms with van der Waals surface area (Å²) in [5.74, 6) is 0.747. The first kappa shape index (κ1) is 33.2. The van der Waals surface area contributed by atoms with Gasteiger partial charge in [-0.05, 0) is 98.0 Å². The van der Waals surface area contributed by atoms with Gasteiger partial charge in [0.15, 0.2) is 0 Å². The summed E-state index contributed by atoms with van der Waals surface area (Å²) >= 11 is 0. The first-order chi connectivity index (χ1) is 23.1. The molecule has 7 nitrogen and oxygen atoms in total. The smallest absolute Gasteiger partial charge is 0.270 e. The Bertz CT molecular complexity index is 1940. The molecule has 6 rings (SSSR count). The van der Waals surface area contributed by atoms with E-state index in [0.29, 0.717) is 30.0 Å². The van der Waals surface area contributed by atoms with E-state index < -0.39 is 15.7 Å². The molecule has 4 aromatic carbocycles. The van der Waals surface area contributed by atoms with Crippen molar-refractivity contribution in [1.29, 1.82) is 0 Å². The lowest BCUT2D eigenvalue weighted by molar-refractivity contribution is 0.0946. The minimum Gasteiger partial charge on any atom is -0.457 e. The number of carbonyl (C=O) groups is 1. The van der Waals surface area contributed by atoms with Crippen LogP contribution in [-0.4, -0.2) is 35.9 Å². The Morgan fingerprint density at radius 1 is 0.917 bits per heavy atom. The first-order valence-electron chi connectivity index (χ1n) is 15.9. The molecule has 0 aliphatic carbocycles. The van der Waals surface area contributed by atoms with E-state index in [1.54, 1.807) is 12.1 Å². The Balaban J connectivity index is 1.33. The molecule has 0 spiro atoms. The molecule has 2 N–H and O–H groups in total. The zero-order chi connectivity index (χ0) is 33.8. The number of carbonyl (C=O) groups excluding carboxylic acids is 1. The molecule has 2 heterocycles. The molecule has 0 fully saturated rings. The number of ether oxygens (including phenoxy) is 1. The Kier molecular flexibility index (Phi) is 9.82. The molecule has 5 aromatic rings. The van der Waals surface area contributed by atoms with E-state index in [9.17, 15) is 18.5 Å². The van der Waals surface area contributed by atoms with E-state index in [4.69, 9.17) is 9.72 Å². The quantitative estimate of drug-likeness (QED) is 0.158. The lowest BCUT2D eigenvalue weighted by atomic mass is 9.94. The highest BCUT2D eigenvalue weighted by molar-refractivity contribution is 7.84. The first-order valence-corrected chi connectivity index (χ1v) is 17.0. The highest BCUT2D eigenvalue weighted by Gasteiger charge is 2.40. The number of para-hydroxylation sites is 1. The van der Waals surface area contributed by atoms with Crippen LogP contribution >= 0.6 is 0 Å². The summed E-state index contributed by atoms with van der Waals surface area (Å²) in [5.41, 5.74) is 5.61. The molecule has 0 saturated carbocycles. The predicted molar refractivity (Wildman–Crippen MR) is 187 cm³/mol. The molecule has 1 aliphatic heterocycles. The minimum absolute atomic E-state index is 0.109. The number of amides is 1. The van der Waals surface area contributed by atoms with Crippen LogP contribution in [-0.2, 0) is 24.1 Å². The molecule has 0 bridgehead atoms. The Morgan fingerprint density at radius 3 is 2.27 bits per heavy atom. The van der Waals surface area contributed by atoms with Gasteiger partial charge < -0.3 is 15.2 Å². The van der Waals surface area contributed by atoms with Crippen LogP contribution in [0.4, 0.5) is 4.39 Å². The number of aromatic nitrogens is 1. The topological polar surface area (TPSA) is 91.8 Å². The van der Waals surface area contributed by atoms with Crippen molar-refractivity contribution in [3.63, 3.8) is 0 Å². The van der Waals surface area contributed by atoms with Gasteiger partial charge in [0, 0.05) is 30.8 Å². The van der Waals surface area contributed by atoms with E-state index >= 15 is 0 Å². The Labute approximate surface area is 283 Å². The van der Waals surface area contributed by atoms with Gasteiger partial charge in [-0.3, -0.25) is 4.79 Å². The number of aliphatic hydroxyl groups is 1. The Morgan fingerprint density at radius 2 is 1.58 bits per heavy atom. The van der Waals surface area contributed by atoms with Gasteiger partial charge in [-0.2, -0.15) is 0 Å². The third-order valence-electron chi connectivity index (χ3n) is 8.17. The summed E-state index contributed by atoms with van der Waals surface area (Å²) in [6, 6.07) is 32.4. The maximum Gasteiger partial charge on any atom is 0.270 e. The second-order valence-corrected chi connectivity index (χ2v) is 14.9. The fourth-order valence-electron chi connectivity index (χ4n) is 5.89. The van der Waals surface area contributed by atoms with Crippen LogP contribution in [0.1, 0.15) is 60.4 Å². The molecule has 246 valence electrons. The van der Waals surface area contributed by atoms with Gasteiger partial charge in [-0.15, -0.1) is 0 Å². The molecular weight excluding hydrogens is 626 g/mol. The van der Waals surface area contributed by atoms with Gasteiger partial charge in [-0.1, -0.05) is 60.7 Å². The van der Waals surface area contributed by atoms with Gasteiger partial charge in [-0.25, -0.2) is 17.9 Å². The summed E-state index contributed by atoms with van der Waals surface area (Å²) in [4.78, 5) is 18.6. The average molecular weight is 664 g/mol. The van der Waals surface area contributed by atoms with Crippen molar-refractivity contribution in [2.75, 3.05) is 6.61 Å². The lowest BCUT2D eigenvalue weighted by Gasteiger charge is -2.30. The Hall–Kier alpha value is -4.70.